The van der Waals surface area contributed by atoms with Gasteiger partial charge in [0.2, 0.25) is 0 Å². The molecule has 76 valence electrons. The van der Waals surface area contributed by atoms with Gasteiger partial charge in [-0.05, 0) is 18.6 Å². The zero-order valence-electron chi connectivity index (χ0n) is 8.53. The molecule has 1 aromatic heterocycles. The molecule has 0 atom stereocenters. The van der Waals surface area contributed by atoms with E-state index in [1.165, 1.54) is 6.92 Å². The molecule has 0 fully saturated rings. The molecule has 0 N–H and O–H groups in total. The Morgan fingerprint density at radius 1 is 1.57 bits per heavy atom. The van der Waals surface area contributed by atoms with Crippen molar-refractivity contribution in [1.82, 2.24) is 4.98 Å². The van der Waals surface area contributed by atoms with E-state index in [0.717, 1.165) is 5.56 Å². The Morgan fingerprint density at radius 3 is 2.86 bits per heavy atom. The zero-order chi connectivity index (χ0) is 10.6. The lowest BCUT2D eigenvalue weighted by Gasteiger charge is -2.07. The molecular formula is C10H13NO3. The highest BCUT2D eigenvalue weighted by atomic mass is 16.5. The van der Waals surface area contributed by atoms with Gasteiger partial charge in [0.25, 0.3) is 0 Å². The molecule has 0 saturated heterocycles. The fourth-order valence-corrected chi connectivity index (χ4v) is 1.03. The maximum atomic E-state index is 10.6. The number of nitrogens with zero attached hydrogens (tertiary/aromatic N) is 1. The minimum atomic E-state index is -0.325. The van der Waals surface area contributed by atoms with Gasteiger partial charge in [-0.3, -0.25) is 9.78 Å². The lowest BCUT2D eigenvalue weighted by Crippen LogP contribution is -2.03. The summed E-state index contributed by atoms with van der Waals surface area (Å²) in [5.74, 6) is 0.320. The smallest absolute Gasteiger partial charge is 0.303 e. The highest BCUT2D eigenvalue weighted by Crippen LogP contribution is 2.17. The van der Waals surface area contributed by atoms with Crippen LogP contribution in [0, 0.1) is 6.92 Å². The van der Waals surface area contributed by atoms with Gasteiger partial charge in [-0.1, -0.05) is 0 Å². The van der Waals surface area contributed by atoms with Crippen LogP contribution >= 0.6 is 0 Å². The normalized spacial score (nSPS) is 9.64. The van der Waals surface area contributed by atoms with Gasteiger partial charge < -0.3 is 9.47 Å². The molecule has 4 heteroatoms. The molecule has 1 aromatic rings. The van der Waals surface area contributed by atoms with E-state index in [4.69, 9.17) is 9.47 Å². The summed E-state index contributed by atoms with van der Waals surface area (Å²) < 4.78 is 9.93. The van der Waals surface area contributed by atoms with Crippen LogP contribution in [0.2, 0.25) is 0 Å². The fraction of sp³-hybridized carbons (Fsp3) is 0.400. The summed E-state index contributed by atoms with van der Waals surface area (Å²) in [5, 5.41) is 0. The van der Waals surface area contributed by atoms with Crippen LogP contribution in [0.25, 0.3) is 0 Å². The van der Waals surface area contributed by atoms with Crippen LogP contribution in [-0.2, 0) is 16.1 Å². The van der Waals surface area contributed by atoms with Crippen molar-refractivity contribution in [2.75, 3.05) is 7.11 Å². The molecule has 0 amide bonds. The van der Waals surface area contributed by atoms with Crippen LogP contribution in [0.4, 0.5) is 0 Å². The predicted molar refractivity (Wildman–Crippen MR) is 51.0 cm³/mol. The lowest BCUT2D eigenvalue weighted by atomic mass is 10.2. The number of aryl methyl sites for hydroxylation is 1. The van der Waals surface area contributed by atoms with Gasteiger partial charge in [0.05, 0.1) is 7.11 Å². The number of carbonyl (C=O) groups is 1. The molecule has 14 heavy (non-hydrogen) atoms. The van der Waals surface area contributed by atoms with E-state index in [1.807, 2.05) is 13.0 Å². The second-order valence-corrected chi connectivity index (χ2v) is 2.94. The third kappa shape index (κ3) is 2.73. The average Bonchev–Trinajstić information content (AvgIpc) is 2.15. The number of rotatable bonds is 3. The number of carbonyl (C=O) groups excluding carboxylic acids is 1. The standard InChI is InChI=1S/C10H13NO3/c1-7-4-10(13-3)9(11-5-7)6-14-8(2)12/h4-5H,6H2,1-3H3. The number of pyridine rings is 1. The van der Waals surface area contributed by atoms with Crippen molar-refractivity contribution in [3.63, 3.8) is 0 Å². The summed E-state index contributed by atoms with van der Waals surface area (Å²) in [6.45, 7) is 3.44. The van der Waals surface area contributed by atoms with Gasteiger partial charge in [0.15, 0.2) is 0 Å². The molecule has 0 aromatic carbocycles. The quantitative estimate of drug-likeness (QED) is 0.685. The Hall–Kier alpha value is -1.58. The number of aromatic nitrogens is 1. The van der Waals surface area contributed by atoms with Crippen LogP contribution in [0.15, 0.2) is 12.3 Å². The van der Waals surface area contributed by atoms with Crippen molar-refractivity contribution in [3.05, 3.63) is 23.5 Å². The Kier molecular flexibility index (Phi) is 3.45. The van der Waals surface area contributed by atoms with Crippen LogP contribution in [0.1, 0.15) is 18.2 Å². The molecule has 0 saturated carbocycles. The molecule has 1 heterocycles. The summed E-state index contributed by atoms with van der Waals surface area (Å²) in [6, 6.07) is 1.85. The predicted octanol–water partition coefficient (Wildman–Crippen LogP) is 1.46. The number of esters is 1. The van der Waals surface area contributed by atoms with Crippen molar-refractivity contribution in [1.29, 1.82) is 0 Å². The van der Waals surface area contributed by atoms with E-state index >= 15 is 0 Å². The molecule has 0 aliphatic heterocycles. The Labute approximate surface area is 82.9 Å². The van der Waals surface area contributed by atoms with Gasteiger partial charge >= 0.3 is 5.97 Å². The number of methoxy groups -OCH3 is 1. The monoisotopic (exact) mass is 195 g/mol. The molecular weight excluding hydrogens is 182 g/mol. The lowest BCUT2D eigenvalue weighted by molar-refractivity contribution is -0.142. The zero-order valence-corrected chi connectivity index (χ0v) is 8.53. The van der Waals surface area contributed by atoms with E-state index in [1.54, 1.807) is 13.3 Å². The van der Waals surface area contributed by atoms with Crippen LogP contribution < -0.4 is 4.74 Å². The third-order valence-corrected chi connectivity index (χ3v) is 1.70. The van der Waals surface area contributed by atoms with E-state index in [2.05, 4.69) is 4.98 Å². The van der Waals surface area contributed by atoms with E-state index in [0.29, 0.717) is 11.4 Å². The van der Waals surface area contributed by atoms with Crippen LogP contribution in [0.5, 0.6) is 5.75 Å². The summed E-state index contributed by atoms with van der Waals surface area (Å²) in [5.41, 5.74) is 1.64. The molecule has 0 aliphatic carbocycles. The molecule has 0 bridgehead atoms. The maximum absolute atomic E-state index is 10.6. The van der Waals surface area contributed by atoms with Gasteiger partial charge in [0, 0.05) is 13.1 Å². The second kappa shape index (κ2) is 4.60. The second-order valence-electron chi connectivity index (χ2n) is 2.94. The largest absolute Gasteiger partial charge is 0.495 e. The van der Waals surface area contributed by atoms with E-state index in [-0.39, 0.29) is 12.6 Å². The molecule has 0 spiro atoms. The number of ether oxygens (including phenoxy) is 2. The van der Waals surface area contributed by atoms with Crippen molar-refractivity contribution in [2.45, 2.75) is 20.5 Å². The summed E-state index contributed by atoms with van der Waals surface area (Å²) in [7, 11) is 1.56. The van der Waals surface area contributed by atoms with Crippen molar-refractivity contribution in [2.24, 2.45) is 0 Å². The number of hydrogen-bond acceptors (Lipinski definition) is 4. The van der Waals surface area contributed by atoms with E-state index < -0.39 is 0 Å². The minimum absolute atomic E-state index is 0.152. The van der Waals surface area contributed by atoms with Gasteiger partial charge in [-0.2, -0.15) is 0 Å². The van der Waals surface area contributed by atoms with Gasteiger partial charge in [-0.15, -0.1) is 0 Å². The first-order chi connectivity index (χ1) is 6.63. The summed E-state index contributed by atoms with van der Waals surface area (Å²) in [4.78, 5) is 14.7. The van der Waals surface area contributed by atoms with Crippen molar-refractivity contribution < 1.29 is 14.3 Å². The first-order valence-electron chi connectivity index (χ1n) is 4.26. The first kappa shape index (κ1) is 10.5. The highest BCUT2D eigenvalue weighted by Gasteiger charge is 2.06. The first-order valence-corrected chi connectivity index (χ1v) is 4.26. The summed E-state index contributed by atoms with van der Waals surface area (Å²) in [6.07, 6.45) is 1.71. The van der Waals surface area contributed by atoms with Gasteiger partial charge in [0.1, 0.15) is 18.1 Å². The summed E-state index contributed by atoms with van der Waals surface area (Å²) >= 11 is 0. The molecule has 1 rings (SSSR count). The maximum Gasteiger partial charge on any atom is 0.303 e. The van der Waals surface area contributed by atoms with Crippen LogP contribution in [0.3, 0.4) is 0 Å². The van der Waals surface area contributed by atoms with Crippen molar-refractivity contribution in [3.8, 4) is 5.75 Å². The SMILES string of the molecule is COc1cc(C)cnc1COC(C)=O. The number of hydrogen-bond donors (Lipinski definition) is 0. The van der Waals surface area contributed by atoms with E-state index in [9.17, 15) is 4.79 Å². The van der Waals surface area contributed by atoms with Gasteiger partial charge in [-0.25, -0.2) is 0 Å². The topological polar surface area (TPSA) is 48.4 Å². The molecule has 0 unspecified atom stereocenters. The Bertz CT molecular complexity index is 336. The molecule has 0 aliphatic rings. The average molecular weight is 195 g/mol. The molecule has 0 radical (unpaired) electrons. The Morgan fingerprint density at radius 2 is 2.29 bits per heavy atom. The third-order valence-electron chi connectivity index (χ3n) is 1.70. The fourth-order valence-electron chi connectivity index (χ4n) is 1.03. The minimum Gasteiger partial charge on any atom is -0.495 e. The van der Waals surface area contributed by atoms with Crippen LogP contribution in [-0.4, -0.2) is 18.1 Å². The molecule has 4 nitrogen and oxygen atoms in total. The highest BCUT2D eigenvalue weighted by molar-refractivity contribution is 5.65. The Balaban J connectivity index is 2.80. The van der Waals surface area contributed by atoms with Crippen molar-refractivity contribution >= 4 is 5.97 Å².